The number of carbonyl (C=O) groups is 2. The number of hydrogen-bond donors (Lipinski definition) is 0. The van der Waals surface area contributed by atoms with E-state index < -0.39 is 5.97 Å². The molecule has 0 aliphatic heterocycles. The Labute approximate surface area is 172 Å². The molecule has 0 fully saturated rings. The maximum atomic E-state index is 12.7. The van der Waals surface area contributed by atoms with Gasteiger partial charge in [0.25, 0.3) is 11.5 Å². The number of ether oxygens (including phenoxy) is 1. The highest BCUT2D eigenvalue weighted by Gasteiger charge is 2.20. The summed E-state index contributed by atoms with van der Waals surface area (Å²) in [6, 6.07) is 10.6. The molecule has 1 aromatic carbocycles. The fourth-order valence-electron chi connectivity index (χ4n) is 2.89. The van der Waals surface area contributed by atoms with Crippen LogP contribution in [-0.4, -0.2) is 40.2 Å². The Kier molecular flexibility index (Phi) is 6.43. The van der Waals surface area contributed by atoms with Gasteiger partial charge in [-0.15, -0.1) is 11.3 Å². The average molecular weight is 413 g/mol. The monoisotopic (exact) mass is 413 g/mol. The lowest BCUT2D eigenvalue weighted by Crippen LogP contribution is -2.32. The standard InChI is InChI=1S/C21H23N3O4S/c1-14(2)11-24-20(26)17-9-5-4-8-16(17)19(22-24)21(27)28-13-18(25)23(3)12-15-7-6-10-29-15/h4-10,14H,11-13H2,1-3H3. The zero-order valence-electron chi connectivity index (χ0n) is 16.6. The Morgan fingerprint density at radius 3 is 2.55 bits per heavy atom. The van der Waals surface area contributed by atoms with E-state index in [1.54, 1.807) is 42.6 Å². The molecule has 2 aromatic heterocycles. The number of rotatable bonds is 7. The van der Waals surface area contributed by atoms with E-state index in [0.717, 1.165) is 4.88 Å². The summed E-state index contributed by atoms with van der Waals surface area (Å²) in [6.45, 7) is 4.37. The molecule has 3 aromatic rings. The van der Waals surface area contributed by atoms with E-state index in [0.29, 0.717) is 23.9 Å². The number of nitrogens with zero attached hydrogens (tertiary/aromatic N) is 3. The van der Waals surface area contributed by atoms with Crippen molar-refractivity contribution >= 4 is 34.0 Å². The van der Waals surface area contributed by atoms with Crippen LogP contribution in [0.2, 0.25) is 0 Å². The molecule has 3 rings (SSSR count). The molecular formula is C21H23N3O4S. The van der Waals surface area contributed by atoms with Crippen LogP contribution >= 0.6 is 11.3 Å². The van der Waals surface area contributed by atoms with Crippen LogP contribution in [0.3, 0.4) is 0 Å². The van der Waals surface area contributed by atoms with Gasteiger partial charge in [0, 0.05) is 23.9 Å². The van der Waals surface area contributed by atoms with Crippen molar-refractivity contribution in [2.24, 2.45) is 5.92 Å². The first-order chi connectivity index (χ1) is 13.9. The quantitative estimate of drug-likeness (QED) is 0.556. The van der Waals surface area contributed by atoms with Gasteiger partial charge in [-0.05, 0) is 23.4 Å². The summed E-state index contributed by atoms with van der Waals surface area (Å²) < 4.78 is 6.52. The summed E-state index contributed by atoms with van der Waals surface area (Å²) in [5.41, 5.74) is -0.216. The molecule has 0 spiro atoms. The van der Waals surface area contributed by atoms with Crippen molar-refractivity contribution in [2.75, 3.05) is 13.7 Å². The zero-order chi connectivity index (χ0) is 21.0. The van der Waals surface area contributed by atoms with Crippen molar-refractivity contribution in [3.63, 3.8) is 0 Å². The van der Waals surface area contributed by atoms with Crippen molar-refractivity contribution in [3.05, 3.63) is 62.7 Å². The third kappa shape index (κ3) is 4.89. The lowest BCUT2D eigenvalue weighted by atomic mass is 10.1. The van der Waals surface area contributed by atoms with E-state index in [9.17, 15) is 14.4 Å². The minimum atomic E-state index is -0.725. The molecule has 0 radical (unpaired) electrons. The Morgan fingerprint density at radius 1 is 1.17 bits per heavy atom. The Balaban J connectivity index is 1.78. The van der Waals surface area contributed by atoms with Gasteiger partial charge in [-0.25, -0.2) is 9.48 Å². The van der Waals surface area contributed by atoms with Crippen LogP contribution in [-0.2, 0) is 22.6 Å². The third-order valence-corrected chi connectivity index (χ3v) is 5.19. The van der Waals surface area contributed by atoms with Crippen LogP contribution in [0.4, 0.5) is 0 Å². The molecule has 0 atom stereocenters. The Morgan fingerprint density at radius 2 is 1.90 bits per heavy atom. The molecule has 8 heteroatoms. The smallest absolute Gasteiger partial charge is 0.359 e. The van der Waals surface area contributed by atoms with Crippen molar-refractivity contribution < 1.29 is 14.3 Å². The Hall–Kier alpha value is -3.00. The predicted molar refractivity (Wildman–Crippen MR) is 112 cm³/mol. The van der Waals surface area contributed by atoms with Crippen LogP contribution < -0.4 is 5.56 Å². The van der Waals surface area contributed by atoms with E-state index in [1.165, 1.54) is 9.58 Å². The molecule has 0 bridgehead atoms. The number of fused-ring (bicyclic) bond motifs is 1. The lowest BCUT2D eigenvalue weighted by molar-refractivity contribution is -0.133. The largest absolute Gasteiger partial charge is 0.451 e. The van der Waals surface area contributed by atoms with E-state index >= 15 is 0 Å². The minimum absolute atomic E-state index is 0.0366. The number of hydrogen-bond acceptors (Lipinski definition) is 6. The Bertz CT molecular complexity index is 1070. The van der Waals surface area contributed by atoms with Gasteiger partial charge >= 0.3 is 5.97 Å². The van der Waals surface area contributed by atoms with E-state index in [-0.39, 0.29) is 29.7 Å². The molecule has 0 aliphatic carbocycles. The average Bonchev–Trinajstić information content (AvgIpc) is 3.20. The molecular weight excluding hydrogens is 390 g/mol. The van der Waals surface area contributed by atoms with Crippen LogP contribution in [0.25, 0.3) is 10.8 Å². The highest BCUT2D eigenvalue weighted by atomic mass is 32.1. The van der Waals surface area contributed by atoms with Crippen LogP contribution in [0.5, 0.6) is 0 Å². The highest BCUT2D eigenvalue weighted by Crippen LogP contribution is 2.15. The van der Waals surface area contributed by atoms with E-state index in [4.69, 9.17) is 4.74 Å². The number of esters is 1. The fraction of sp³-hybridized carbons (Fsp3) is 0.333. The summed E-state index contributed by atoms with van der Waals surface area (Å²) in [5, 5.41) is 6.99. The molecule has 2 heterocycles. The van der Waals surface area contributed by atoms with Crippen LogP contribution in [0.1, 0.15) is 29.2 Å². The van der Waals surface area contributed by atoms with Crippen molar-refractivity contribution in [2.45, 2.75) is 26.9 Å². The zero-order valence-corrected chi connectivity index (χ0v) is 17.4. The molecule has 0 unspecified atom stereocenters. The van der Waals surface area contributed by atoms with Gasteiger partial charge in [-0.1, -0.05) is 38.1 Å². The van der Waals surface area contributed by atoms with Gasteiger partial charge in [0.2, 0.25) is 0 Å². The first-order valence-corrected chi connectivity index (χ1v) is 10.2. The number of thiophene rings is 1. The maximum absolute atomic E-state index is 12.7. The molecule has 7 nitrogen and oxygen atoms in total. The SMILES string of the molecule is CC(C)Cn1nc(C(=O)OCC(=O)N(C)Cc2cccs2)c2ccccc2c1=O. The second-order valence-electron chi connectivity index (χ2n) is 7.18. The second kappa shape index (κ2) is 9.00. The molecule has 1 amide bonds. The number of benzene rings is 1. The van der Waals surface area contributed by atoms with Gasteiger partial charge in [-0.3, -0.25) is 9.59 Å². The second-order valence-corrected chi connectivity index (χ2v) is 8.21. The van der Waals surface area contributed by atoms with Gasteiger partial charge in [0.1, 0.15) is 0 Å². The van der Waals surface area contributed by atoms with Crippen molar-refractivity contribution in [1.82, 2.24) is 14.7 Å². The number of carbonyl (C=O) groups excluding carboxylic acids is 2. The topological polar surface area (TPSA) is 81.5 Å². The molecule has 0 aliphatic rings. The first-order valence-electron chi connectivity index (χ1n) is 9.30. The van der Waals surface area contributed by atoms with Crippen molar-refractivity contribution in [1.29, 1.82) is 0 Å². The van der Waals surface area contributed by atoms with E-state index in [1.807, 2.05) is 31.4 Å². The third-order valence-electron chi connectivity index (χ3n) is 4.32. The predicted octanol–water partition coefficient (Wildman–Crippen LogP) is 2.93. The van der Waals surface area contributed by atoms with E-state index in [2.05, 4.69) is 5.10 Å². The summed E-state index contributed by atoms with van der Waals surface area (Å²) in [6.07, 6.45) is 0. The molecule has 0 N–H and O–H groups in total. The molecule has 152 valence electrons. The molecule has 0 saturated carbocycles. The molecule has 29 heavy (non-hydrogen) atoms. The van der Waals surface area contributed by atoms with Crippen molar-refractivity contribution in [3.8, 4) is 0 Å². The number of likely N-dealkylation sites (N-methyl/N-ethyl adjacent to an activating group) is 1. The van der Waals surface area contributed by atoms with Gasteiger partial charge in [0.15, 0.2) is 12.3 Å². The van der Waals surface area contributed by atoms with Gasteiger partial charge < -0.3 is 9.64 Å². The van der Waals surface area contributed by atoms with Gasteiger partial charge in [-0.2, -0.15) is 5.10 Å². The normalized spacial score (nSPS) is 11.0. The number of amides is 1. The lowest BCUT2D eigenvalue weighted by Gasteiger charge is -2.16. The van der Waals surface area contributed by atoms with Gasteiger partial charge in [0.05, 0.1) is 11.9 Å². The minimum Gasteiger partial charge on any atom is -0.451 e. The summed E-state index contributed by atoms with van der Waals surface area (Å²) in [5.74, 6) is -0.860. The summed E-state index contributed by atoms with van der Waals surface area (Å²) in [7, 11) is 1.66. The van der Waals surface area contributed by atoms with Crippen LogP contribution in [0, 0.1) is 5.92 Å². The van der Waals surface area contributed by atoms with Crippen LogP contribution in [0.15, 0.2) is 46.6 Å². The fourth-order valence-corrected chi connectivity index (χ4v) is 3.64. The summed E-state index contributed by atoms with van der Waals surface area (Å²) in [4.78, 5) is 40.2. The number of aromatic nitrogens is 2. The first kappa shape index (κ1) is 20.7. The highest BCUT2D eigenvalue weighted by molar-refractivity contribution is 7.09. The molecule has 0 saturated heterocycles. The maximum Gasteiger partial charge on any atom is 0.359 e. The summed E-state index contributed by atoms with van der Waals surface area (Å²) >= 11 is 1.55.